The third kappa shape index (κ3) is 7.23. The Kier molecular flexibility index (Phi) is 8.68. The van der Waals surface area contributed by atoms with Gasteiger partial charge in [-0.2, -0.15) is 11.8 Å². The zero-order valence-corrected chi connectivity index (χ0v) is 16.7. The first-order valence-electron chi connectivity index (χ1n) is 8.93. The number of nitrogens with zero attached hydrogens (tertiary/aromatic N) is 2. The van der Waals surface area contributed by atoms with Crippen molar-refractivity contribution < 1.29 is 19.5 Å². The number of imidazole rings is 2. The van der Waals surface area contributed by atoms with Gasteiger partial charge in [0.15, 0.2) is 0 Å². The van der Waals surface area contributed by atoms with E-state index in [0.29, 0.717) is 17.1 Å². The number of aromatic nitrogens is 4. The lowest BCUT2D eigenvalue weighted by molar-refractivity contribution is -0.142. The Bertz CT molecular complexity index is 782. The Hall–Kier alpha value is -2.86. The number of carboxylic acids is 1. The van der Waals surface area contributed by atoms with Crippen molar-refractivity contribution in [2.45, 2.75) is 37.4 Å². The number of H-pyrrole nitrogens is 2. The van der Waals surface area contributed by atoms with Crippen LogP contribution in [0.2, 0.25) is 0 Å². The number of nitrogens with two attached hydrogens (primary N) is 1. The van der Waals surface area contributed by atoms with Crippen LogP contribution in [0.25, 0.3) is 0 Å². The molecule has 0 bridgehead atoms. The summed E-state index contributed by atoms with van der Waals surface area (Å²) in [7, 11) is 0. The highest BCUT2D eigenvalue weighted by atomic mass is 32.2. The molecule has 2 aromatic rings. The molecule has 11 nitrogen and oxygen atoms in total. The highest BCUT2D eigenvalue weighted by Gasteiger charge is 2.28. The number of thioether (sulfide) groups is 1. The number of amides is 2. The molecule has 0 saturated heterocycles. The third-order valence-electron chi connectivity index (χ3n) is 4.17. The summed E-state index contributed by atoms with van der Waals surface area (Å²) in [5.74, 6) is -1.69. The van der Waals surface area contributed by atoms with Crippen molar-refractivity contribution in [3.63, 3.8) is 0 Å². The first-order valence-corrected chi connectivity index (χ1v) is 10.3. The van der Waals surface area contributed by atoms with E-state index in [1.807, 2.05) is 6.26 Å². The predicted molar refractivity (Wildman–Crippen MR) is 107 cm³/mol. The molecule has 0 aliphatic rings. The first kappa shape index (κ1) is 22.4. The minimum absolute atomic E-state index is 0.114. The lowest BCUT2D eigenvalue weighted by atomic mass is 10.1. The molecule has 158 valence electrons. The summed E-state index contributed by atoms with van der Waals surface area (Å²) in [4.78, 5) is 50.2. The molecule has 2 rings (SSSR count). The Morgan fingerprint density at radius 2 is 1.66 bits per heavy atom. The van der Waals surface area contributed by atoms with Gasteiger partial charge in [-0.1, -0.05) is 0 Å². The molecule has 12 heteroatoms. The average molecular weight is 423 g/mol. The second-order valence-electron chi connectivity index (χ2n) is 6.41. The van der Waals surface area contributed by atoms with Gasteiger partial charge in [0, 0.05) is 36.6 Å². The van der Waals surface area contributed by atoms with E-state index in [2.05, 4.69) is 30.6 Å². The van der Waals surface area contributed by atoms with Gasteiger partial charge >= 0.3 is 5.97 Å². The van der Waals surface area contributed by atoms with Crippen LogP contribution in [0.15, 0.2) is 25.0 Å². The SMILES string of the molecule is CSCCC(NC(=O)C(Cc1cnc[nH]1)NC(=O)C(N)Cc1cnc[nH]1)C(=O)O. The van der Waals surface area contributed by atoms with E-state index in [-0.39, 0.29) is 19.3 Å². The minimum atomic E-state index is -1.13. The lowest BCUT2D eigenvalue weighted by Gasteiger charge is -2.22. The number of carbonyl (C=O) groups excluding carboxylic acids is 2. The van der Waals surface area contributed by atoms with Gasteiger partial charge in [-0.15, -0.1) is 0 Å². The topological polar surface area (TPSA) is 179 Å². The van der Waals surface area contributed by atoms with Crippen molar-refractivity contribution in [2.75, 3.05) is 12.0 Å². The summed E-state index contributed by atoms with van der Waals surface area (Å²) in [5.41, 5.74) is 7.24. The molecule has 2 aromatic heterocycles. The molecule has 7 N–H and O–H groups in total. The van der Waals surface area contributed by atoms with Crippen LogP contribution in [0.4, 0.5) is 0 Å². The van der Waals surface area contributed by atoms with Crippen LogP contribution in [0.3, 0.4) is 0 Å². The lowest BCUT2D eigenvalue weighted by Crippen LogP contribution is -2.55. The molecule has 0 radical (unpaired) electrons. The third-order valence-corrected chi connectivity index (χ3v) is 4.81. The normalized spacial score (nSPS) is 14.0. The summed E-state index contributed by atoms with van der Waals surface area (Å²) >= 11 is 1.48. The van der Waals surface area contributed by atoms with Gasteiger partial charge < -0.3 is 31.4 Å². The Morgan fingerprint density at radius 1 is 1.07 bits per heavy atom. The molecule has 0 saturated carbocycles. The van der Waals surface area contributed by atoms with Crippen molar-refractivity contribution in [2.24, 2.45) is 5.73 Å². The van der Waals surface area contributed by atoms with Gasteiger partial charge in [0.2, 0.25) is 11.8 Å². The maximum absolute atomic E-state index is 12.7. The summed E-state index contributed by atoms with van der Waals surface area (Å²) in [6, 6.07) is -2.96. The fourth-order valence-electron chi connectivity index (χ4n) is 2.60. The van der Waals surface area contributed by atoms with Crippen molar-refractivity contribution in [1.29, 1.82) is 0 Å². The Morgan fingerprint density at radius 3 is 2.17 bits per heavy atom. The zero-order valence-electron chi connectivity index (χ0n) is 15.9. The highest BCUT2D eigenvalue weighted by molar-refractivity contribution is 7.98. The Balaban J connectivity index is 2.05. The van der Waals surface area contributed by atoms with E-state index >= 15 is 0 Å². The molecular weight excluding hydrogens is 398 g/mol. The number of hydrogen-bond acceptors (Lipinski definition) is 7. The van der Waals surface area contributed by atoms with Crippen molar-refractivity contribution >= 4 is 29.5 Å². The number of carbonyl (C=O) groups is 3. The molecular formula is C17H25N7O4S. The molecule has 0 aromatic carbocycles. The largest absolute Gasteiger partial charge is 0.480 e. The van der Waals surface area contributed by atoms with E-state index in [9.17, 15) is 19.5 Å². The standard InChI is InChI=1S/C17H25N7O4S/c1-29-3-2-13(17(27)28)23-16(26)14(5-11-7-20-9-22-11)24-15(25)12(18)4-10-6-19-8-21-10/h6-9,12-14H,2-5,18H2,1H3,(H,19,21)(H,20,22)(H,23,26)(H,24,25)(H,27,28). The maximum Gasteiger partial charge on any atom is 0.326 e. The molecule has 3 atom stereocenters. The van der Waals surface area contributed by atoms with Crippen LogP contribution in [-0.4, -0.2) is 73.0 Å². The van der Waals surface area contributed by atoms with Gasteiger partial charge in [-0.25, -0.2) is 14.8 Å². The van der Waals surface area contributed by atoms with Crippen LogP contribution in [0.5, 0.6) is 0 Å². The summed E-state index contributed by atoms with van der Waals surface area (Å²) in [6.45, 7) is 0. The zero-order chi connectivity index (χ0) is 21.2. The fraction of sp³-hybridized carbons (Fsp3) is 0.471. The predicted octanol–water partition coefficient (Wildman–Crippen LogP) is -0.947. The maximum atomic E-state index is 12.7. The van der Waals surface area contributed by atoms with E-state index in [1.165, 1.54) is 30.6 Å². The van der Waals surface area contributed by atoms with Crippen molar-refractivity contribution in [3.8, 4) is 0 Å². The number of aromatic amines is 2. The molecule has 3 unspecified atom stereocenters. The van der Waals surface area contributed by atoms with Crippen LogP contribution in [0.1, 0.15) is 17.8 Å². The van der Waals surface area contributed by atoms with E-state index in [4.69, 9.17) is 5.73 Å². The number of rotatable bonds is 12. The van der Waals surface area contributed by atoms with E-state index in [0.717, 1.165) is 0 Å². The van der Waals surface area contributed by atoms with Gasteiger partial charge in [-0.3, -0.25) is 9.59 Å². The quantitative estimate of drug-likeness (QED) is 0.253. The van der Waals surface area contributed by atoms with Gasteiger partial charge in [-0.05, 0) is 18.4 Å². The monoisotopic (exact) mass is 423 g/mol. The van der Waals surface area contributed by atoms with Gasteiger partial charge in [0.25, 0.3) is 0 Å². The van der Waals surface area contributed by atoms with Crippen LogP contribution in [0, 0.1) is 0 Å². The van der Waals surface area contributed by atoms with Crippen molar-refractivity contribution in [3.05, 3.63) is 36.4 Å². The number of aliphatic carboxylic acids is 1. The van der Waals surface area contributed by atoms with Gasteiger partial charge in [0.05, 0.1) is 18.7 Å². The second kappa shape index (κ2) is 11.2. The molecule has 0 aliphatic carbocycles. The molecule has 0 fully saturated rings. The molecule has 2 heterocycles. The second-order valence-corrected chi connectivity index (χ2v) is 7.40. The summed E-state index contributed by atoms with van der Waals surface area (Å²) < 4.78 is 0. The Labute approximate surface area is 171 Å². The number of carboxylic acid groups (broad SMARTS) is 1. The van der Waals surface area contributed by atoms with Crippen LogP contribution in [-0.2, 0) is 27.2 Å². The number of hydrogen-bond donors (Lipinski definition) is 6. The molecule has 0 spiro atoms. The first-order chi connectivity index (χ1) is 13.9. The van der Waals surface area contributed by atoms with Gasteiger partial charge in [0.1, 0.15) is 12.1 Å². The fourth-order valence-corrected chi connectivity index (χ4v) is 3.07. The number of nitrogens with one attached hydrogen (secondary N) is 4. The van der Waals surface area contributed by atoms with E-state index < -0.39 is 35.9 Å². The molecule has 2 amide bonds. The van der Waals surface area contributed by atoms with Crippen molar-refractivity contribution in [1.82, 2.24) is 30.6 Å². The highest BCUT2D eigenvalue weighted by Crippen LogP contribution is 2.05. The smallest absolute Gasteiger partial charge is 0.326 e. The summed E-state index contributed by atoms with van der Waals surface area (Å²) in [6.07, 6.45) is 8.47. The minimum Gasteiger partial charge on any atom is -0.480 e. The summed E-state index contributed by atoms with van der Waals surface area (Å²) in [5, 5.41) is 14.5. The van der Waals surface area contributed by atoms with Crippen LogP contribution >= 0.6 is 11.8 Å². The van der Waals surface area contributed by atoms with E-state index in [1.54, 1.807) is 6.20 Å². The average Bonchev–Trinajstić information content (AvgIpc) is 3.38. The molecule has 0 aliphatic heterocycles. The molecule has 29 heavy (non-hydrogen) atoms. The van der Waals surface area contributed by atoms with Crippen LogP contribution < -0.4 is 16.4 Å².